The number of fused-ring (bicyclic) bond motifs is 1. The van der Waals surface area contributed by atoms with Gasteiger partial charge in [-0.1, -0.05) is 29.8 Å². The van der Waals surface area contributed by atoms with Crippen LogP contribution in [0.3, 0.4) is 0 Å². The van der Waals surface area contributed by atoms with Gasteiger partial charge in [0.25, 0.3) is 0 Å². The number of halogens is 2. The van der Waals surface area contributed by atoms with Gasteiger partial charge in [0, 0.05) is 15.8 Å². The molecule has 0 unspecified atom stereocenters. The van der Waals surface area contributed by atoms with E-state index in [-0.39, 0.29) is 5.82 Å². The molecule has 0 radical (unpaired) electrons. The molecule has 0 bridgehead atoms. The van der Waals surface area contributed by atoms with Crippen LogP contribution in [0.2, 0.25) is 5.15 Å². The molecule has 0 spiro atoms. The molecule has 0 aliphatic rings. The Hall–Kier alpha value is -2.51. The predicted molar refractivity (Wildman–Crippen MR) is 99.6 cm³/mol. The highest BCUT2D eigenvalue weighted by Gasteiger charge is 2.12. The van der Waals surface area contributed by atoms with Gasteiger partial charge in [-0.3, -0.25) is 0 Å². The van der Waals surface area contributed by atoms with Crippen molar-refractivity contribution in [2.45, 2.75) is 17.2 Å². The number of benzene rings is 2. The molecule has 2 aromatic carbocycles. The molecule has 0 atom stereocenters. The minimum Gasteiger partial charge on any atom is -0.236 e. The third kappa shape index (κ3) is 3.68. The van der Waals surface area contributed by atoms with Crippen molar-refractivity contribution < 1.29 is 4.39 Å². The van der Waals surface area contributed by atoms with Crippen molar-refractivity contribution in [1.82, 2.24) is 25.2 Å². The Kier molecular flexibility index (Phi) is 4.81. The van der Waals surface area contributed by atoms with E-state index in [1.54, 1.807) is 22.5 Å². The van der Waals surface area contributed by atoms with Gasteiger partial charge in [-0.25, -0.2) is 14.1 Å². The second-order valence-electron chi connectivity index (χ2n) is 5.63. The van der Waals surface area contributed by atoms with Gasteiger partial charge in [-0.15, -0.1) is 16.9 Å². The van der Waals surface area contributed by atoms with Crippen LogP contribution in [0.25, 0.3) is 10.9 Å². The molecule has 0 aliphatic carbocycles. The highest BCUT2D eigenvalue weighted by molar-refractivity contribution is 7.98. The predicted octanol–water partition coefficient (Wildman–Crippen LogP) is 4.35. The average molecular weight is 386 g/mol. The lowest BCUT2D eigenvalue weighted by Gasteiger charge is -2.08. The molecule has 130 valence electrons. The highest BCUT2D eigenvalue weighted by Crippen LogP contribution is 2.24. The van der Waals surface area contributed by atoms with Gasteiger partial charge in [-0.05, 0) is 46.8 Å². The van der Waals surface area contributed by atoms with Crippen molar-refractivity contribution in [3.8, 4) is 0 Å². The van der Waals surface area contributed by atoms with Crippen molar-refractivity contribution in [3.05, 3.63) is 77.0 Å². The summed E-state index contributed by atoms with van der Waals surface area (Å²) in [6, 6.07) is 16.3. The van der Waals surface area contributed by atoms with Gasteiger partial charge in [0.1, 0.15) is 11.0 Å². The van der Waals surface area contributed by atoms with Crippen LogP contribution in [0, 0.1) is 5.82 Å². The maximum Gasteiger partial charge on any atom is 0.161 e. The summed E-state index contributed by atoms with van der Waals surface area (Å²) in [5.74, 6) is 1.05. The molecule has 0 saturated carbocycles. The van der Waals surface area contributed by atoms with Crippen LogP contribution in [0.1, 0.15) is 11.4 Å². The molecule has 2 heterocycles. The van der Waals surface area contributed by atoms with E-state index in [4.69, 9.17) is 11.6 Å². The Labute approximate surface area is 158 Å². The summed E-state index contributed by atoms with van der Waals surface area (Å²) in [4.78, 5) is 5.47. The second-order valence-corrected chi connectivity index (χ2v) is 7.04. The van der Waals surface area contributed by atoms with E-state index in [2.05, 4.69) is 20.5 Å². The summed E-state index contributed by atoms with van der Waals surface area (Å²) in [6.45, 7) is 0.371. The molecular weight excluding hydrogens is 373 g/mol. The molecule has 4 rings (SSSR count). The largest absolute Gasteiger partial charge is 0.236 e. The first kappa shape index (κ1) is 16.9. The molecule has 4 aromatic rings. The normalized spacial score (nSPS) is 11.2. The van der Waals surface area contributed by atoms with E-state index in [1.165, 1.54) is 12.1 Å². The van der Waals surface area contributed by atoms with E-state index in [9.17, 15) is 4.39 Å². The third-order valence-electron chi connectivity index (χ3n) is 3.84. The van der Waals surface area contributed by atoms with Crippen molar-refractivity contribution >= 4 is 34.3 Å². The zero-order chi connectivity index (χ0) is 17.9. The number of thioether (sulfide) groups is 1. The number of nitrogens with zero attached hydrogens (tertiary/aromatic N) is 5. The van der Waals surface area contributed by atoms with Gasteiger partial charge in [0.2, 0.25) is 0 Å². The Morgan fingerprint density at radius 2 is 1.92 bits per heavy atom. The SMILES string of the molecule is Fc1ccc2nc(Cl)c(Cn3nnnc3CSc3ccccc3)cc2c1. The lowest BCUT2D eigenvalue weighted by atomic mass is 10.1. The fourth-order valence-electron chi connectivity index (χ4n) is 2.55. The fourth-order valence-corrected chi connectivity index (χ4v) is 3.61. The molecular formula is C18H13ClFN5S. The second kappa shape index (κ2) is 7.39. The maximum absolute atomic E-state index is 13.5. The van der Waals surface area contributed by atoms with Gasteiger partial charge in [0.05, 0.1) is 17.8 Å². The van der Waals surface area contributed by atoms with E-state index in [0.29, 0.717) is 28.4 Å². The average Bonchev–Trinajstić information content (AvgIpc) is 3.09. The van der Waals surface area contributed by atoms with Gasteiger partial charge in [0.15, 0.2) is 5.82 Å². The number of rotatable bonds is 5. The molecule has 0 N–H and O–H groups in total. The lowest BCUT2D eigenvalue weighted by Crippen LogP contribution is -2.07. The number of hydrogen-bond acceptors (Lipinski definition) is 5. The quantitative estimate of drug-likeness (QED) is 0.377. The Morgan fingerprint density at radius 3 is 2.77 bits per heavy atom. The monoisotopic (exact) mass is 385 g/mol. The minimum atomic E-state index is -0.310. The van der Waals surface area contributed by atoms with E-state index in [0.717, 1.165) is 16.3 Å². The summed E-state index contributed by atoms with van der Waals surface area (Å²) < 4.78 is 15.2. The van der Waals surface area contributed by atoms with E-state index < -0.39 is 0 Å². The molecule has 26 heavy (non-hydrogen) atoms. The van der Waals surface area contributed by atoms with E-state index >= 15 is 0 Å². The Balaban J connectivity index is 1.57. The molecule has 8 heteroatoms. The standard InChI is InChI=1S/C18H13ClFN5S/c19-18-13(8-12-9-14(20)6-7-16(12)21-18)10-25-17(22-23-24-25)11-26-15-4-2-1-3-5-15/h1-9H,10-11H2. The molecule has 2 aromatic heterocycles. The zero-order valence-corrected chi connectivity index (χ0v) is 15.1. The first-order valence-corrected chi connectivity index (χ1v) is 9.23. The smallest absolute Gasteiger partial charge is 0.161 e. The van der Waals surface area contributed by atoms with Gasteiger partial charge >= 0.3 is 0 Å². The first-order valence-electron chi connectivity index (χ1n) is 7.86. The van der Waals surface area contributed by atoms with Gasteiger partial charge in [-0.2, -0.15) is 0 Å². The maximum atomic E-state index is 13.5. The summed E-state index contributed by atoms with van der Waals surface area (Å²) in [7, 11) is 0. The van der Waals surface area contributed by atoms with Crippen molar-refractivity contribution in [2.24, 2.45) is 0 Å². The highest BCUT2D eigenvalue weighted by atomic mass is 35.5. The molecule has 0 saturated heterocycles. The first-order chi connectivity index (χ1) is 12.7. The number of aromatic nitrogens is 5. The fraction of sp³-hybridized carbons (Fsp3) is 0.111. The lowest BCUT2D eigenvalue weighted by molar-refractivity contribution is 0.627. The Morgan fingerprint density at radius 1 is 1.08 bits per heavy atom. The van der Waals surface area contributed by atoms with Crippen molar-refractivity contribution in [3.63, 3.8) is 0 Å². The van der Waals surface area contributed by atoms with Crippen molar-refractivity contribution in [1.29, 1.82) is 0 Å². The third-order valence-corrected chi connectivity index (χ3v) is 5.18. The summed E-state index contributed by atoms with van der Waals surface area (Å²) in [5, 5.41) is 13.0. The van der Waals surface area contributed by atoms with E-state index in [1.807, 2.05) is 36.4 Å². The summed E-state index contributed by atoms with van der Waals surface area (Å²) in [5.41, 5.74) is 1.39. The molecule has 0 amide bonds. The van der Waals surface area contributed by atoms with Crippen LogP contribution in [-0.4, -0.2) is 25.2 Å². The minimum absolute atomic E-state index is 0.310. The molecule has 5 nitrogen and oxygen atoms in total. The number of pyridine rings is 1. The van der Waals surface area contributed by atoms with Gasteiger partial charge < -0.3 is 0 Å². The summed E-state index contributed by atoms with van der Waals surface area (Å²) >= 11 is 7.94. The van der Waals surface area contributed by atoms with Crippen LogP contribution >= 0.6 is 23.4 Å². The molecule has 0 aliphatic heterocycles. The number of hydrogen-bond donors (Lipinski definition) is 0. The van der Waals surface area contributed by atoms with Crippen LogP contribution in [0.4, 0.5) is 4.39 Å². The topological polar surface area (TPSA) is 56.5 Å². The van der Waals surface area contributed by atoms with Crippen LogP contribution in [-0.2, 0) is 12.3 Å². The Bertz CT molecular complexity index is 1050. The van der Waals surface area contributed by atoms with Crippen LogP contribution in [0.15, 0.2) is 59.5 Å². The van der Waals surface area contributed by atoms with Crippen molar-refractivity contribution in [2.75, 3.05) is 0 Å². The summed E-state index contributed by atoms with van der Waals surface area (Å²) in [6.07, 6.45) is 0. The zero-order valence-electron chi connectivity index (χ0n) is 13.5. The van der Waals surface area contributed by atoms with Crippen LogP contribution < -0.4 is 0 Å². The molecule has 0 fully saturated rings. The number of tetrazole rings is 1. The van der Waals surface area contributed by atoms with Crippen LogP contribution in [0.5, 0.6) is 0 Å².